The molecule has 5 nitrogen and oxygen atoms in total. The molecule has 0 spiro atoms. The van der Waals surface area contributed by atoms with Crippen LogP contribution in [0.1, 0.15) is 5.56 Å². The normalized spacial score (nSPS) is 12.3. The average Bonchev–Trinajstić information content (AvgIpc) is 2.94. The second-order valence-corrected chi connectivity index (χ2v) is 4.06. The molecule has 1 aromatic heterocycles. The number of nitrogens with one attached hydrogen (secondary N) is 1. The number of ether oxygens (including phenoxy) is 3. The fourth-order valence-corrected chi connectivity index (χ4v) is 2.00. The van der Waals surface area contributed by atoms with E-state index in [1.54, 1.807) is 13.3 Å². The summed E-state index contributed by atoms with van der Waals surface area (Å²) >= 11 is 0. The first kappa shape index (κ1) is 11.6. The van der Waals surface area contributed by atoms with Crippen LogP contribution in [-0.4, -0.2) is 18.9 Å². The summed E-state index contributed by atoms with van der Waals surface area (Å²) in [5, 5.41) is 3.24. The van der Waals surface area contributed by atoms with Gasteiger partial charge in [0, 0.05) is 18.3 Å². The number of fused-ring (bicyclic) bond motifs is 1. The standard InChI is InChI=1S/C14H14N2O3/c1-17-12-6-3-7-15-14(12)16-8-10-4-2-5-11-13(10)19-9-18-11/h2-7H,8-9H2,1H3,(H,15,16). The van der Waals surface area contributed by atoms with Crippen molar-refractivity contribution < 1.29 is 14.2 Å². The quantitative estimate of drug-likeness (QED) is 0.912. The molecule has 98 valence electrons. The molecule has 0 atom stereocenters. The summed E-state index contributed by atoms with van der Waals surface area (Å²) in [4.78, 5) is 4.25. The number of nitrogens with zero attached hydrogens (tertiary/aromatic N) is 1. The fraction of sp³-hybridized carbons (Fsp3) is 0.214. The molecule has 2 heterocycles. The molecule has 0 aliphatic carbocycles. The molecule has 0 saturated carbocycles. The lowest BCUT2D eigenvalue weighted by Crippen LogP contribution is -2.04. The third kappa shape index (κ3) is 2.27. The Labute approximate surface area is 111 Å². The SMILES string of the molecule is COc1cccnc1NCc1cccc2c1OCO2. The van der Waals surface area contributed by atoms with Crippen molar-refractivity contribution >= 4 is 5.82 Å². The summed E-state index contributed by atoms with van der Waals surface area (Å²) < 4.78 is 16.1. The highest BCUT2D eigenvalue weighted by Crippen LogP contribution is 2.35. The maximum absolute atomic E-state index is 5.46. The summed E-state index contributed by atoms with van der Waals surface area (Å²) in [5.74, 6) is 3.01. The monoisotopic (exact) mass is 258 g/mol. The van der Waals surface area contributed by atoms with Gasteiger partial charge in [0.25, 0.3) is 0 Å². The van der Waals surface area contributed by atoms with Crippen LogP contribution in [0.2, 0.25) is 0 Å². The molecule has 1 aliphatic heterocycles. The maximum Gasteiger partial charge on any atom is 0.231 e. The van der Waals surface area contributed by atoms with Crippen LogP contribution >= 0.6 is 0 Å². The Hall–Kier alpha value is -2.43. The topological polar surface area (TPSA) is 52.6 Å². The van der Waals surface area contributed by atoms with Crippen molar-refractivity contribution in [3.8, 4) is 17.2 Å². The van der Waals surface area contributed by atoms with Crippen LogP contribution in [0.4, 0.5) is 5.82 Å². The number of rotatable bonds is 4. The van der Waals surface area contributed by atoms with Gasteiger partial charge in [0.1, 0.15) is 0 Å². The molecule has 0 amide bonds. The molecule has 19 heavy (non-hydrogen) atoms. The molecule has 5 heteroatoms. The molecule has 0 bridgehead atoms. The summed E-state index contributed by atoms with van der Waals surface area (Å²) in [6.07, 6.45) is 1.72. The number of aromatic nitrogens is 1. The number of methoxy groups -OCH3 is 1. The largest absolute Gasteiger partial charge is 0.493 e. The summed E-state index contributed by atoms with van der Waals surface area (Å²) in [7, 11) is 1.62. The molecule has 2 aromatic rings. The van der Waals surface area contributed by atoms with Crippen LogP contribution in [0.25, 0.3) is 0 Å². The molecular weight excluding hydrogens is 244 g/mol. The predicted molar refractivity (Wildman–Crippen MR) is 70.7 cm³/mol. The van der Waals surface area contributed by atoms with Crippen molar-refractivity contribution in [1.82, 2.24) is 4.98 Å². The van der Waals surface area contributed by atoms with Gasteiger partial charge >= 0.3 is 0 Å². The molecule has 0 unspecified atom stereocenters. The minimum Gasteiger partial charge on any atom is -0.493 e. The molecule has 1 aromatic carbocycles. The summed E-state index contributed by atoms with van der Waals surface area (Å²) in [6, 6.07) is 9.54. The van der Waals surface area contributed by atoms with Gasteiger partial charge in [-0.3, -0.25) is 0 Å². The van der Waals surface area contributed by atoms with E-state index in [-0.39, 0.29) is 6.79 Å². The van der Waals surface area contributed by atoms with E-state index in [1.165, 1.54) is 0 Å². The van der Waals surface area contributed by atoms with Gasteiger partial charge in [-0.25, -0.2) is 4.98 Å². The van der Waals surface area contributed by atoms with Crippen molar-refractivity contribution in [3.63, 3.8) is 0 Å². The second kappa shape index (κ2) is 5.06. The first-order valence-corrected chi connectivity index (χ1v) is 5.99. The van der Waals surface area contributed by atoms with E-state index in [0.29, 0.717) is 18.1 Å². The van der Waals surface area contributed by atoms with Gasteiger partial charge in [-0.1, -0.05) is 12.1 Å². The van der Waals surface area contributed by atoms with Crippen LogP contribution in [-0.2, 0) is 6.54 Å². The van der Waals surface area contributed by atoms with E-state index in [2.05, 4.69) is 10.3 Å². The zero-order valence-corrected chi connectivity index (χ0v) is 10.6. The van der Waals surface area contributed by atoms with Crippen molar-refractivity contribution in [2.75, 3.05) is 19.2 Å². The lowest BCUT2D eigenvalue weighted by molar-refractivity contribution is 0.173. The minimum atomic E-state index is 0.277. The Morgan fingerprint density at radius 1 is 1.26 bits per heavy atom. The highest BCUT2D eigenvalue weighted by atomic mass is 16.7. The molecule has 1 aliphatic rings. The number of para-hydroxylation sites is 1. The van der Waals surface area contributed by atoms with Crippen molar-refractivity contribution in [2.24, 2.45) is 0 Å². The van der Waals surface area contributed by atoms with Crippen LogP contribution in [0.5, 0.6) is 17.2 Å². The lowest BCUT2D eigenvalue weighted by Gasteiger charge is -2.10. The van der Waals surface area contributed by atoms with Crippen LogP contribution in [0, 0.1) is 0 Å². The predicted octanol–water partition coefficient (Wildman–Crippen LogP) is 2.43. The van der Waals surface area contributed by atoms with Crippen LogP contribution in [0.3, 0.4) is 0 Å². The number of pyridine rings is 1. The van der Waals surface area contributed by atoms with E-state index in [4.69, 9.17) is 14.2 Å². The third-order valence-corrected chi connectivity index (χ3v) is 2.92. The Balaban J connectivity index is 1.78. The van der Waals surface area contributed by atoms with E-state index < -0.39 is 0 Å². The molecule has 1 N–H and O–H groups in total. The van der Waals surface area contributed by atoms with Gasteiger partial charge in [-0.15, -0.1) is 0 Å². The molecular formula is C14H14N2O3. The summed E-state index contributed by atoms with van der Waals surface area (Å²) in [5.41, 5.74) is 1.03. The highest BCUT2D eigenvalue weighted by molar-refractivity contribution is 5.53. The zero-order chi connectivity index (χ0) is 13.1. The number of benzene rings is 1. The van der Waals surface area contributed by atoms with Crippen LogP contribution < -0.4 is 19.5 Å². The second-order valence-electron chi connectivity index (χ2n) is 4.06. The Bertz CT molecular complexity index is 587. The number of hydrogen-bond donors (Lipinski definition) is 1. The fourth-order valence-electron chi connectivity index (χ4n) is 2.00. The maximum atomic E-state index is 5.46. The average molecular weight is 258 g/mol. The van der Waals surface area contributed by atoms with Crippen molar-refractivity contribution in [3.05, 3.63) is 42.1 Å². The lowest BCUT2D eigenvalue weighted by atomic mass is 10.2. The van der Waals surface area contributed by atoms with Crippen LogP contribution in [0.15, 0.2) is 36.5 Å². The van der Waals surface area contributed by atoms with Gasteiger partial charge in [-0.05, 0) is 18.2 Å². The highest BCUT2D eigenvalue weighted by Gasteiger charge is 2.17. The number of hydrogen-bond acceptors (Lipinski definition) is 5. The smallest absolute Gasteiger partial charge is 0.231 e. The molecule has 0 radical (unpaired) electrons. The molecule has 3 rings (SSSR count). The van der Waals surface area contributed by atoms with E-state index >= 15 is 0 Å². The third-order valence-electron chi connectivity index (χ3n) is 2.92. The van der Waals surface area contributed by atoms with Gasteiger partial charge < -0.3 is 19.5 Å². The Kier molecular flexibility index (Phi) is 3.10. The van der Waals surface area contributed by atoms with Gasteiger partial charge in [0.05, 0.1) is 7.11 Å². The van der Waals surface area contributed by atoms with Gasteiger partial charge in [-0.2, -0.15) is 0 Å². The van der Waals surface area contributed by atoms with Gasteiger partial charge in [0.15, 0.2) is 23.1 Å². The van der Waals surface area contributed by atoms with E-state index in [0.717, 1.165) is 17.1 Å². The Morgan fingerprint density at radius 2 is 2.21 bits per heavy atom. The first-order chi connectivity index (χ1) is 9.38. The molecule has 0 fully saturated rings. The minimum absolute atomic E-state index is 0.277. The number of anilines is 1. The summed E-state index contributed by atoms with van der Waals surface area (Å²) in [6.45, 7) is 0.874. The van der Waals surface area contributed by atoms with Crippen molar-refractivity contribution in [2.45, 2.75) is 6.54 Å². The first-order valence-electron chi connectivity index (χ1n) is 5.99. The zero-order valence-electron chi connectivity index (χ0n) is 10.6. The Morgan fingerprint density at radius 3 is 3.11 bits per heavy atom. The van der Waals surface area contributed by atoms with E-state index in [1.807, 2.05) is 30.3 Å². The van der Waals surface area contributed by atoms with Gasteiger partial charge in [0.2, 0.25) is 6.79 Å². The molecule has 0 saturated heterocycles. The van der Waals surface area contributed by atoms with E-state index in [9.17, 15) is 0 Å². The van der Waals surface area contributed by atoms with Crippen molar-refractivity contribution in [1.29, 1.82) is 0 Å².